The van der Waals surface area contributed by atoms with Crippen molar-refractivity contribution < 1.29 is 19.4 Å². The largest absolute Gasteiger partial charge is 0.489 e. The fraction of sp³-hybridized carbons (Fsp3) is 0.278. The molecular formula is C18H19NO4. The van der Waals surface area contributed by atoms with Crippen molar-refractivity contribution in [2.45, 2.75) is 25.2 Å². The molecule has 0 aromatic heterocycles. The Morgan fingerprint density at radius 3 is 2.48 bits per heavy atom. The standard InChI is InChI=1S/C18H19NO4/c20-18(21)19-16(17-12-23-17)10-13-6-8-15(9-7-13)22-11-14-4-2-1-3-5-14/h1-9,16-17,19H,10-12H2,(H,20,21)/t16-,17+/m0/s1. The van der Waals surface area contributed by atoms with Gasteiger partial charge in [-0.05, 0) is 29.7 Å². The van der Waals surface area contributed by atoms with Gasteiger partial charge in [0.15, 0.2) is 0 Å². The predicted octanol–water partition coefficient (Wildman–Crippen LogP) is 2.84. The summed E-state index contributed by atoms with van der Waals surface area (Å²) < 4.78 is 10.9. The van der Waals surface area contributed by atoms with E-state index in [1.165, 1.54) is 0 Å². The van der Waals surface area contributed by atoms with Gasteiger partial charge in [-0.25, -0.2) is 4.79 Å². The lowest BCUT2D eigenvalue weighted by Gasteiger charge is -2.15. The number of hydrogen-bond donors (Lipinski definition) is 2. The molecule has 1 aliphatic rings. The van der Waals surface area contributed by atoms with E-state index in [1.807, 2.05) is 54.6 Å². The highest BCUT2D eigenvalue weighted by Crippen LogP contribution is 2.20. The smallest absolute Gasteiger partial charge is 0.404 e. The summed E-state index contributed by atoms with van der Waals surface area (Å²) in [6, 6.07) is 17.5. The molecule has 1 heterocycles. The van der Waals surface area contributed by atoms with Crippen molar-refractivity contribution in [3.63, 3.8) is 0 Å². The molecule has 2 aromatic rings. The Morgan fingerprint density at radius 2 is 1.87 bits per heavy atom. The van der Waals surface area contributed by atoms with Crippen molar-refractivity contribution in [1.82, 2.24) is 5.32 Å². The number of epoxide rings is 1. The summed E-state index contributed by atoms with van der Waals surface area (Å²) >= 11 is 0. The molecular weight excluding hydrogens is 294 g/mol. The summed E-state index contributed by atoms with van der Waals surface area (Å²) in [6.07, 6.45) is -0.427. The van der Waals surface area contributed by atoms with Crippen molar-refractivity contribution in [2.75, 3.05) is 6.61 Å². The molecule has 0 aliphatic carbocycles. The number of ether oxygens (including phenoxy) is 2. The van der Waals surface area contributed by atoms with Crippen LogP contribution in [0.25, 0.3) is 0 Å². The zero-order valence-corrected chi connectivity index (χ0v) is 12.6. The van der Waals surface area contributed by atoms with Crippen LogP contribution in [-0.4, -0.2) is 30.0 Å². The van der Waals surface area contributed by atoms with Gasteiger partial charge in [0.25, 0.3) is 0 Å². The van der Waals surface area contributed by atoms with Gasteiger partial charge in [-0.15, -0.1) is 0 Å². The lowest BCUT2D eigenvalue weighted by Crippen LogP contribution is -2.39. The van der Waals surface area contributed by atoms with Crippen LogP contribution in [0.15, 0.2) is 54.6 Å². The van der Waals surface area contributed by atoms with Crippen LogP contribution in [0, 0.1) is 0 Å². The fourth-order valence-electron chi connectivity index (χ4n) is 2.44. The van der Waals surface area contributed by atoms with Crippen LogP contribution in [0.2, 0.25) is 0 Å². The average Bonchev–Trinajstić information content (AvgIpc) is 3.39. The highest BCUT2D eigenvalue weighted by atomic mass is 16.6. The molecule has 1 saturated heterocycles. The van der Waals surface area contributed by atoms with E-state index in [9.17, 15) is 4.79 Å². The van der Waals surface area contributed by atoms with Gasteiger partial charge < -0.3 is 19.9 Å². The summed E-state index contributed by atoms with van der Waals surface area (Å²) in [6.45, 7) is 1.14. The predicted molar refractivity (Wildman–Crippen MR) is 85.6 cm³/mol. The van der Waals surface area contributed by atoms with E-state index < -0.39 is 6.09 Å². The van der Waals surface area contributed by atoms with Crippen LogP contribution in [-0.2, 0) is 17.8 Å². The highest BCUT2D eigenvalue weighted by molar-refractivity contribution is 5.65. The van der Waals surface area contributed by atoms with Crippen molar-refractivity contribution in [2.24, 2.45) is 0 Å². The molecule has 3 rings (SSSR count). The summed E-state index contributed by atoms with van der Waals surface area (Å²) in [5, 5.41) is 11.4. The second-order valence-electron chi connectivity index (χ2n) is 5.55. The first kappa shape index (κ1) is 15.4. The van der Waals surface area contributed by atoms with Crippen LogP contribution in [0.3, 0.4) is 0 Å². The van der Waals surface area contributed by atoms with E-state index in [2.05, 4.69) is 5.32 Å². The molecule has 0 radical (unpaired) electrons. The second-order valence-corrected chi connectivity index (χ2v) is 5.55. The van der Waals surface area contributed by atoms with E-state index in [0.29, 0.717) is 19.6 Å². The van der Waals surface area contributed by atoms with Crippen LogP contribution < -0.4 is 10.1 Å². The third-order valence-electron chi connectivity index (χ3n) is 3.74. The molecule has 5 nitrogen and oxygen atoms in total. The summed E-state index contributed by atoms with van der Waals surface area (Å²) in [5.41, 5.74) is 2.17. The normalized spacial score (nSPS) is 17.3. The van der Waals surface area contributed by atoms with E-state index >= 15 is 0 Å². The molecule has 1 amide bonds. The minimum atomic E-state index is -1.02. The van der Waals surface area contributed by atoms with E-state index in [-0.39, 0.29) is 12.1 Å². The zero-order chi connectivity index (χ0) is 16.1. The van der Waals surface area contributed by atoms with Crippen LogP contribution in [0.1, 0.15) is 11.1 Å². The SMILES string of the molecule is O=C(O)N[C@@H](Cc1ccc(OCc2ccccc2)cc1)[C@H]1CO1. The Kier molecular flexibility index (Phi) is 4.78. The summed E-state index contributed by atoms with van der Waals surface area (Å²) in [7, 11) is 0. The molecule has 2 N–H and O–H groups in total. The fourth-order valence-corrected chi connectivity index (χ4v) is 2.44. The number of benzene rings is 2. The van der Waals surface area contributed by atoms with Gasteiger partial charge in [-0.2, -0.15) is 0 Å². The van der Waals surface area contributed by atoms with Gasteiger partial charge in [0.1, 0.15) is 18.5 Å². The molecule has 120 valence electrons. The Balaban J connectivity index is 1.55. The zero-order valence-electron chi connectivity index (χ0n) is 12.6. The average molecular weight is 313 g/mol. The first-order valence-corrected chi connectivity index (χ1v) is 7.57. The van der Waals surface area contributed by atoms with Gasteiger partial charge in [0.05, 0.1) is 12.6 Å². The van der Waals surface area contributed by atoms with E-state index in [4.69, 9.17) is 14.6 Å². The topological polar surface area (TPSA) is 71.1 Å². The Hall–Kier alpha value is -2.53. The monoisotopic (exact) mass is 313 g/mol. The quantitative estimate of drug-likeness (QED) is 0.771. The number of carboxylic acid groups (broad SMARTS) is 1. The third kappa shape index (κ3) is 4.72. The Labute approximate surface area is 134 Å². The number of hydrogen-bond acceptors (Lipinski definition) is 3. The van der Waals surface area contributed by atoms with Gasteiger partial charge in [0, 0.05) is 0 Å². The van der Waals surface area contributed by atoms with Crippen LogP contribution >= 0.6 is 0 Å². The third-order valence-corrected chi connectivity index (χ3v) is 3.74. The minimum absolute atomic E-state index is 0.0138. The molecule has 0 unspecified atom stereocenters. The second kappa shape index (κ2) is 7.15. The number of nitrogens with one attached hydrogen (secondary N) is 1. The molecule has 2 atom stereocenters. The molecule has 1 fully saturated rings. The summed E-state index contributed by atoms with van der Waals surface area (Å²) in [4.78, 5) is 10.8. The summed E-state index contributed by atoms with van der Waals surface area (Å²) in [5.74, 6) is 0.794. The first-order chi connectivity index (χ1) is 11.2. The number of rotatable bonds is 7. The van der Waals surface area contributed by atoms with Crippen molar-refractivity contribution in [3.8, 4) is 5.75 Å². The van der Waals surface area contributed by atoms with Crippen molar-refractivity contribution in [1.29, 1.82) is 0 Å². The molecule has 2 aromatic carbocycles. The first-order valence-electron chi connectivity index (χ1n) is 7.57. The maximum absolute atomic E-state index is 10.8. The maximum Gasteiger partial charge on any atom is 0.404 e. The minimum Gasteiger partial charge on any atom is -0.489 e. The van der Waals surface area contributed by atoms with Crippen molar-refractivity contribution in [3.05, 3.63) is 65.7 Å². The molecule has 0 bridgehead atoms. The maximum atomic E-state index is 10.8. The van der Waals surface area contributed by atoms with E-state index in [1.54, 1.807) is 0 Å². The molecule has 0 spiro atoms. The van der Waals surface area contributed by atoms with Crippen LogP contribution in [0.4, 0.5) is 4.79 Å². The van der Waals surface area contributed by atoms with Crippen molar-refractivity contribution >= 4 is 6.09 Å². The molecule has 23 heavy (non-hydrogen) atoms. The van der Waals surface area contributed by atoms with Gasteiger partial charge in [-0.3, -0.25) is 0 Å². The van der Waals surface area contributed by atoms with Crippen LogP contribution in [0.5, 0.6) is 5.75 Å². The van der Waals surface area contributed by atoms with E-state index in [0.717, 1.165) is 16.9 Å². The lowest BCUT2D eigenvalue weighted by atomic mass is 10.0. The molecule has 1 aliphatic heterocycles. The van der Waals surface area contributed by atoms with Gasteiger partial charge >= 0.3 is 6.09 Å². The lowest BCUT2D eigenvalue weighted by molar-refractivity contribution is 0.186. The Bertz CT molecular complexity index is 638. The van der Waals surface area contributed by atoms with Gasteiger partial charge in [-0.1, -0.05) is 42.5 Å². The Morgan fingerprint density at radius 1 is 1.17 bits per heavy atom. The van der Waals surface area contributed by atoms with Gasteiger partial charge in [0.2, 0.25) is 0 Å². The number of amides is 1. The molecule has 5 heteroatoms. The number of carbonyl (C=O) groups is 1. The highest BCUT2D eigenvalue weighted by Gasteiger charge is 2.33. The molecule has 0 saturated carbocycles.